The number of anilines is 3. The van der Waals surface area contributed by atoms with Gasteiger partial charge >= 0.3 is 0 Å². The van der Waals surface area contributed by atoms with Gasteiger partial charge in [0.05, 0.1) is 11.9 Å². The largest absolute Gasteiger partial charge is 0.353 e. The van der Waals surface area contributed by atoms with E-state index in [1.165, 1.54) is 0 Å². The number of carbonyl (C=O) groups excluding carboxylic acids is 1. The van der Waals surface area contributed by atoms with Gasteiger partial charge in [-0.15, -0.1) is 0 Å². The topological polar surface area (TPSA) is 74.2 Å². The first kappa shape index (κ1) is 16.2. The van der Waals surface area contributed by atoms with Gasteiger partial charge in [0.15, 0.2) is 0 Å². The smallest absolute Gasteiger partial charge is 0.225 e. The highest BCUT2D eigenvalue weighted by molar-refractivity contribution is 5.90. The van der Waals surface area contributed by atoms with Crippen LogP contribution < -0.4 is 15.1 Å². The summed E-state index contributed by atoms with van der Waals surface area (Å²) in [6.45, 7) is 5.45. The molecule has 7 nitrogen and oxygen atoms in total. The molecule has 1 fully saturated rings. The zero-order valence-electron chi connectivity index (χ0n) is 13.9. The van der Waals surface area contributed by atoms with Crippen LogP contribution in [0.4, 0.5) is 17.5 Å². The fraction of sp³-hybridized carbons (Fsp3) is 0.412. The van der Waals surface area contributed by atoms with Crippen LogP contribution in [0.2, 0.25) is 0 Å². The minimum absolute atomic E-state index is 0.0310. The van der Waals surface area contributed by atoms with Gasteiger partial charge in [0.25, 0.3) is 0 Å². The zero-order valence-corrected chi connectivity index (χ0v) is 13.9. The molecular weight excluding hydrogens is 304 g/mol. The van der Waals surface area contributed by atoms with Crippen LogP contribution in [0.25, 0.3) is 0 Å². The Hall–Kier alpha value is -2.70. The maximum absolute atomic E-state index is 11.6. The third-order valence-corrected chi connectivity index (χ3v) is 3.95. The molecule has 0 radical (unpaired) electrons. The first-order chi connectivity index (χ1) is 11.8. The van der Waals surface area contributed by atoms with Gasteiger partial charge in [-0.25, -0.2) is 15.0 Å². The van der Waals surface area contributed by atoms with E-state index in [2.05, 4.69) is 30.1 Å². The number of carbonyl (C=O) groups is 1. The molecule has 1 amide bonds. The number of hydrogen-bond donors (Lipinski definition) is 1. The summed E-state index contributed by atoms with van der Waals surface area (Å²) in [7, 11) is 0. The van der Waals surface area contributed by atoms with Crippen molar-refractivity contribution < 1.29 is 4.79 Å². The molecule has 2 aromatic rings. The average Bonchev–Trinajstić information content (AvgIpc) is 2.63. The fourth-order valence-corrected chi connectivity index (χ4v) is 2.69. The zero-order chi connectivity index (χ0) is 16.8. The van der Waals surface area contributed by atoms with Crippen molar-refractivity contribution in [1.82, 2.24) is 15.0 Å². The van der Waals surface area contributed by atoms with Gasteiger partial charge in [-0.1, -0.05) is 6.92 Å². The number of nitrogens with zero attached hydrogens (tertiary/aromatic N) is 5. The molecule has 0 spiro atoms. The van der Waals surface area contributed by atoms with Gasteiger partial charge in [-0.2, -0.15) is 0 Å². The van der Waals surface area contributed by atoms with Crippen LogP contribution in [0.1, 0.15) is 19.8 Å². The highest BCUT2D eigenvalue weighted by Crippen LogP contribution is 2.18. The highest BCUT2D eigenvalue weighted by Gasteiger charge is 2.19. The van der Waals surface area contributed by atoms with Crippen LogP contribution >= 0.6 is 0 Å². The summed E-state index contributed by atoms with van der Waals surface area (Å²) in [5, 5.41) is 2.86. The van der Waals surface area contributed by atoms with Crippen molar-refractivity contribution in [2.75, 3.05) is 41.3 Å². The van der Waals surface area contributed by atoms with Crippen molar-refractivity contribution in [3.8, 4) is 0 Å². The minimum Gasteiger partial charge on any atom is -0.353 e. The van der Waals surface area contributed by atoms with E-state index in [0.717, 1.165) is 50.1 Å². The SMILES string of the molecule is CCCC(=O)Nc1ccc(N2CCN(c3ncccn3)CC2)nc1. The standard InChI is InChI=1S/C17H22N6O/c1-2-4-16(24)21-14-5-6-15(20-13-14)22-9-11-23(12-10-22)17-18-7-3-8-19-17/h3,5-8,13H,2,4,9-12H2,1H3,(H,21,24). The Morgan fingerprint density at radius 2 is 1.79 bits per heavy atom. The molecule has 1 saturated heterocycles. The Morgan fingerprint density at radius 3 is 2.42 bits per heavy atom. The molecule has 1 N–H and O–H groups in total. The van der Waals surface area contributed by atoms with Crippen molar-refractivity contribution in [3.63, 3.8) is 0 Å². The van der Waals surface area contributed by atoms with Crippen molar-refractivity contribution >= 4 is 23.4 Å². The van der Waals surface area contributed by atoms with Crippen molar-refractivity contribution in [2.24, 2.45) is 0 Å². The van der Waals surface area contributed by atoms with E-state index in [1.807, 2.05) is 25.1 Å². The first-order valence-corrected chi connectivity index (χ1v) is 8.29. The maximum atomic E-state index is 11.6. The van der Waals surface area contributed by atoms with Crippen LogP contribution in [0.5, 0.6) is 0 Å². The van der Waals surface area contributed by atoms with Gasteiger partial charge in [-0.3, -0.25) is 4.79 Å². The van der Waals surface area contributed by atoms with E-state index in [9.17, 15) is 4.79 Å². The Morgan fingerprint density at radius 1 is 1.08 bits per heavy atom. The molecule has 3 heterocycles. The minimum atomic E-state index is 0.0310. The van der Waals surface area contributed by atoms with Crippen LogP contribution in [0.3, 0.4) is 0 Å². The summed E-state index contributed by atoms with van der Waals surface area (Å²) in [4.78, 5) is 29.1. The van der Waals surface area contributed by atoms with E-state index in [4.69, 9.17) is 0 Å². The van der Waals surface area contributed by atoms with Crippen LogP contribution in [0, 0.1) is 0 Å². The number of nitrogens with one attached hydrogen (secondary N) is 1. The summed E-state index contributed by atoms with van der Waals surface area (Å²) in [6.07, 6.45) is 6.62. The Labute approximate surface area is 141 Å². The lowest BCUT2D eigenvalue weighted by Crippen LogP contribution is -2.47. The van der Waals surface area contributed by atoms with E-state index in [0.29, 0.717) is 6.42 Å². The number of rotatable bonds is 5. The molecule has 0 bridgehead atoms. The number of piperazine rings is 1. The summed E-state index contributed by atoms with van der Waals surface area (Å²) in [5.74, 6) is 1.74. The van der Waals surface area contributed by atoms with Gasteiger partial charge in [0, 0.05) is 45.0 Å². The second-order valence-electron chi connectivity index (χ2n) is 5.73. The molecule has 0 unspecified atom stereocenters. The van der Waals surface area contributed by atoms with Crippen LogP contribution in [-0.4, -0.2) is 47.0 Å². The lowest BCUT2D eigenvalue weighted by atomic mass is 10.3. The lowest BCUT2D eigenvalue weighted by molar-refractivity contribution is -0.116. The average molecular weight is 326 g/mol. The molecule has 2 aromatic heterocycles. The van der Waals surface area contributed by atoms with Gasteiger partial charge < -0.3 is 15.1 Å². The Balaban J connectivity index is 1.55. The maximum Gasteiger partial charge on any atom is 0.225 e. The van der Waals surface area contributed by atoms with E-state index >= 15 is 0 Å². The summed E-state index contributed by atoms with van der Waals surface area (Å²) in [5.41, 5.74) is 0.744. The molecule has 1 aliphatic heterocycles. The summed E-state index contributed by atoms with van der Waals surface area (Å²) in [6, 6.07) is 5.68. The van der Waals surface area contributed by atoms with E-state index < -0.39 is 0 Å². The summed E-state index contributed by atoms with van der Waals surface area (Å²) < 4.78 is 0. The Kier molecular flexibility index (Phi) is 5.20. The molecule has 24 heavy (non-hydrogen) atoms. The second kappa shape index (κ2) is 7.72. The predicted octanol–water partition coefficient (Wildman–Crippen LogP) is 1.94. The first-order valence-electron chi connectivity index (χ1n) is 8.29. The molecule has 1 aliphatic rings. The van der Waals surface area contributed by atoms with E-state index in [1.54, 1.807) is 18.6 Å². The lowest BCUT2D eigenvalue weighted by Gasteiger charge is -2.35. The third-order valence-electron chi connectivity index (χ3n) is 3.95. The number of pyridine rings is 1. The predicted molar refractivity (Wildman–Crippen MR) is 94.2 cm³/mol. The molecular formula is C17H22N6O. The van der Waals surface area contributed by atoms with Gasteiger partial charge in [-0.05, 0) is 24.6 Å². The monoisotopic (exact) mass is 326 g/mol. The molecule has 0 aliphatic carbocycles. The molecule has 126 valence electrons. The van der Waals surface area contributed by atoms with Crippen molar-refractivity contribution in [3.05, 3.63) is 36.8 Å². The van der Waals surface area contributed by atoms with Crippen molar-refractivity contribution in [2.45, 2.75) is 19.8 Å². The fourth-order valence-electron chi connectivity index (χ4n) is 2.69. The third kappa shape index (κ3) is 3.98. The second-order valence-corrected chi connectivity index (χ2v) is 5.73. The van der Waals surface area contributed by atoms with Gasteiger partial charge in [0.1, 0.15) is 5.82 Å². The quantitative estimate of drug-likeness (QED) is 0.905. The van der Waals surface area contributed by atoms with Crippen LogP contribution in [-0.2, 0) is 4.79 Å². The molecule has 0 atom stereocenters. The van der Waals surface area contributed by atoms with Gasteiger partial charge in [0.2, 0.25) is 11.9 Å². The normalized spacial score (nSPS) is 14.5. The number of amides is 1. The Bertz CT molecular complexity index is 653. The molecule has 7 heteroatoms. The molecule has 0 saturated carbocycles. The number of aromatic nitrogens is 3. The highest BCUT2D eigenvalue weighted by atomic mass is 16.1. The molecule has 3 rings (SSSR count). The van der Waals surface area contributed by atoms with E-state index in [-0.39, 0.29) is 5.91 Å². The number of hydrogen-bond acceptors (Lipinski definition) is 6. The summed E-state index contributed by atoms with van der Waals surface area (Å²) >= 11 is 0. The molecule has 0 aromatic carbocycles. The van der Waals surface area contributed by atoms with Crippen molar-refractivity contribution in [1.29, 1.82) is 0 Å². The van der Waals surface area contributed by atoms with Crippen LogP contribution in [0.15, 0.2) is 36.8 Å².